The van der Waals surface area contributed by atoms with Gasteiger partial charge in [-0.05, 0) is 24.1 Å². The molecule has 2 rings (SSSR count). The summed E-state index contributed by atoms with van der Waals surface area (Å²) in [7, 11) is 0. The van der Waals surface area contributed by atoms with Crippen molar-refractivity contribution < 1.29 is 9.90 Å². The zero-order chi connectivity index (χ0) is 13.7. The summed E-state index contributed by atoms with van der Waals surface area (Å²) in [6, 6.07) is 13.2. The lowest BCUT2D eigenvalue weighted by molar-refractivity contribution is 0.0983. The molecule has 19 heavy (non-hydrogen) atoms. The average molecular weight is 274 g/mol. The van der Waals surface area contributed by atoms with E-state index < -0.39 is 6.10 Å². The van der Waals surface area contributed by atoms with E-state index in [2.05, 4.69) is 6.92 Å². The molecule has 0 aliphatic heterocycles. The van der Waals surface area contributed by atoms with Gasteiger partial charge in [-0.25, -0.2) is 0 Å². The zero-order valence-electron chi connectivity index (χ0n) is 11.0. The van der Waals surface area contributed by atoms with Crippen LogP contribution in [0.25, 0.3) is 0 Å². The quantitative estimate of drug-likeness (QED) is 0.801. The molecule has 0 saturated carbocycles. The Morgan fingerprint density at radius 2 is 1.95 bits per heavy atom. The van der Waals surface area contributed by atoms with Gasteiger partial charge in [-0.2, -0.15) is 0 Å². The number of thiophene rings is 1. The summed E-state index contributed by atoms with van der Waals surface area (Å²) in [6.45, 7) is 2.08. The largest absolute Gasteiger partial charge is 0.383 e. The minimum absolute atomic E-state index is 0.179. The molecule has 3 heteroatoms. The number of rotatable bonds is 6. The van der Waals surface area contributed by atoms with Crippen LogP contribution in [0.3, 0.4) is 0 Å². The van der Waals surface area contributed by atoms with Crippen LogP contribution in [0.5, 0.6) is 0 Å². The first-order valence-electron chi connectivity index (χ1n) is 6.58. The summed E-state index contributed by atoms with van der Waals surface area (Å²) >= 11 is 1.39. The Morgan fingerprint density at radius 3 is 2.63 bits per heavy atom. The summed E-state index contributed by atoms with van der Waals surface area (Å²) in [5.41, 5.74) is 0.858. The van der Waals surface area contributed by atoms with Crippen LogP contribution in [-0.4, -0.2) is 10.9 Å². The molecule has 0 saturated heterocycles. The maximum Gasteiger partial charge on any atom is 0.172 e. The number of unbranched alkanes of at least 4 members (excludes halogenated alkanes) is 1. The number of carbonyl (C=O) groups excluding carboxylic acids is 1. The molecular weight excluding hydrogens is 256 g/mol. The van der Waals surface area contributed by atoms with Crippen molar-refractivity contribution in [2.45, 2.75) is 32.3 Å². The number of aliphatic hydroxyl groups is 1. The summed E-state index contributed by atoms with van der Waals surface area (Å²) < 4.78 is 0. The lowest BCUT2D eigenvalue weighted by Crippen LogP contribution is -1.96. The van der Waals surface area contributed by atoms with Crippen LogP contribution in [0, 0.1) is 0 Å². The lowest BCUT2D eigenvalue weighted by atomic mass is 10.1. The Kier molecular flexibility index (Phi) is 4.88. The fraction of sp³-hybridized carbons (Fsp3) is 0.312. The van der Waals surface area contributed by atoms with Crippen molar-refractivity contribution in [1.29, 1.82) is 0 Å². The van der Waals surface area contributed by atoms with E-state index in [4.69, 9.17) is 0 Å². The second-order valence-corrected chi connectivity index (χ2v) is 5.66. The van der Waals surface area contributed by atoms with Crippen LogP contribution in [0.2, 0.25) is 0 Å². The predicted molar refractivity (Wildman–Crippen MR) is 78.7 cm³/mol. The Bertz CT molecular complexity index is 531. The predicted octanol–water partition coefficient (Wildman–Crippen LogP) is 4.20. The van der Waals surface area contributed by atoms with Crippen molar-refractivity contribution in [2.75, 3.05) is 0 Å². The fourth-order valence-corrected chi connectivity index (χ4v) is 2.90. The number of hydrogen-bond donors (Lipinski definition) is 1. The lowest BCUT2D eigenvalue weighted by Gasteiger charge is -2.07. The van der Waals surface area contributed by atoms with Gasteiger partial charge >= 0.3 is 0 Å². The van der Waals surface area contributed by atoms with E-state index in [1.54, 1.807) is 0 Å². The van der Waals surface area contributed by atoms with Crippen molar-refractivity contribution in [2.24, 2.45) is 0 Å². The highest BCUT2D eigenvalue weighted by molar-refractivity contribution is 7.14. The second kappa shape index (κ2) is 6.64. The van der Waals surface area contributed by atoms with Gasteiger partial charge in [-0.3, -0.25) is 4.79 Å². The first-order valence-corrected chi connectivity index (χ1v) is 7.40. The van der Waals surface area contributed by atoms with Crippen LogP contribution in [0.1, 0.15) is 52.4 Å². The highest BCUT2D eigenvalue weighted by Crippen LogP contribution is 2.29. The highest BCUT2D eigenvalue weighted by atomic mass is 32.1. The molecule has 0 amide bonds. The minimum Gasteiger partial charge on any atom is -0.383 e. The van der Waals surface area contributed by atoms with Gasteiger partial charge in [0.1, 0.15) is 6.10 Å². The molecule has 0 spiro atoms. The molecule has 0 aliphatic carbocycles. The van der Waals surface area contributed by atoms with E-state index in [-0.39, 0.29) is 5.78 Å². The molecule has 0 fully saturated rings. The van der Waals surface area contributed by atoms with E-state index in [9.17, 15) is 9.90 Å². The number of hydrogen-bond acceptors (Lipinski definition) is 3. The van der Waals surface area contributed by atoms with Gasteiger partial charge in [0, 0.05) is 11.3 Å². The molecule has 1 unspecified atom stereocenters. The third-order valence-electron chi connectivity index (χ3n) is 3.04. The van der Waals surface area contributed by atoms with E-state index in [0.717, 1.165) is 28.2 Å². The molecule has 1 aromatic carbocycles. The van der Waals surface area contributed by atoms with Crippen LogP contribution in [0.4, 0.5) is 0 Å². The first kappa shape index (κ1) is 14.0. The summed E-state index contributed by atoms with van der Waals surface area (Å²) in [4.78, 5) is 13.5. The molecule has 2 nitrogen and oxygen atoms in total. The van der Waals surface area contributed by atoms with E-state index in [0.29, 0.717) is 6.42 Å². The monoisotopic (exact) mass is 274 g/mol. The summed E-state index contributed by atoms with van der Waals surface area (Å²) in [5, 5.41) is 10.3. The third kappa shape index (κ3) is 3.52. The smallest absolute Gasteiger partial charge is 0.172 e. The molecule has 2 aromatic rings. The Hall–Kier alpha value is -1.45. The Morgan fingerprint density at radius 1 is 1.21 bits per heavy atom. The molecule has 1 aromatic heterocycles. The number of Topliss-reactive ketones (excluding diaryl/α,β-unsaturated/α-hetero) is 1. The van der Waals surface area contributed by atoms with Gasteiger partial charge in [0.25, 0.3) is 0 Å². The van der Waals surface area contributed by atoms with Crippen molar-refractivity contribution in [3.05, 3.63) is 57.8 Å². The normalized spacial score (nSPS) is 12.3. The highest BCUT2D eigenvalue weighted by Gasteiger charge is 2.15. The number of carbonyl (C=O) groups is 1. The van der Waals surface area contributed by atoms with Gasteiger partial charge in [-0.1, -0.05) is 43.7 Å². The first-order chi connectivity index (χ1) is 9.22. The molecular formula is C16H18O2S. The molecule has 0 radical (unpaired) electrons. The summed E-state index contributed by atoms with van der Waals surface area (Å²) in [5.74, 6) is 0.179. The fourth-order valence-electron chi connectivity index (χ4n) is 1.91. The van der Waals surface area contributed by atoms with Crippen molar-refractivity contribution >= 4 is 17.1 Å². The van der Waals surface area contributed by atoms with Crippen molar-refractivity contribution in [1.82, 2.24) is 0 Å². The number of ketones is 1. The van der Waals surface area contributed by atoms with E-state index in [1.165, 1.54) is 11.3 Å². The molecule has 0 bridgehead atoms. The molecule has 1 heterocycles. The van der Waals surface area contributed by atoms with Gasteiger partial charge in [0.2, 0.25) is 0 Å². The third-order valence-corrected chi connectivity index (χ3v) is 4.22. The van der Waals surface area contributed by atoms with E-state index >= 15 is 0 Å². The van der Waals surface area contributed by atoms with Gasteiger partial charge in [0.05, 0.1) is 4.88 Å². The second-order valence-electron chi connectivity index (χ2n) is 4.54. The maximum absolute atomic E-state index is 11.9. The van der Waals surface area contributed by atoms with Crippen LogP contribution in [-0.2, 0) is 0 Å². The Labute approximate surface area is 117 Å². The van der Waals surface area contributed by atoms with Crippen LogP contribution < -0.4 is 0 Å². The molecule has 100 valence electrons. The number of benzene rings is 1. The molecule has 1 atom stereocenters. The average Bonchev–Trinajstić information content (AvgIpc) is 2.94. The van der Waals surface area contributed by atoms with E-state index in [1.807, 2.05) is 42.5 Å². The Balaban J connectivity index is 2.10. The van der Waals surface area contributed by atoms with Gasteiger partial charge in [-0.15, -0.1) is 11.3 Å². The van der Waals surface area contributed by atoms with Crippen LogP contribution >= 0.6 is 11.3 Å². The number of aliphatic hydroxyl groups excluding tert-OH is 1. The topological polar surface area (TPSA) is 37.3 Å². The van der Waals surface area contributed by atoms with Crippen molar-refractivity contribution in [3.63, 3.8) is 0 Å². The van der Waals surface area contributed by atoms with Crippen LogP contribution in [0.15, 0.2) is 42.5 Å². The standard InChI is InChI=1S/C16H18O2S/c1-2-3-9-13(17)14-10-11-15(19-14)16(18)12-7-5-4-6-8-12/h4-8,10-11,16,18H,2-3,9H2,1H3. The zero-order valence-corrected chi connectivity index (χ0v) is 11.8. The van der Waals surface area contributed by atoms with Crippen molar-refractivity contribution in [3.8, 4) is 0 Å². The minimum atomic E-state index is -0.640. The molecule has 1 N–H and O–H groups in total. The van der Waals surface area contributed by atoms with Gasteiger partial charge in [0.15, 0.2) is 5.78 Å². The maximum atomic E-state index is 11.9. The van der Waals surface area contributed by atoms with Gasteiger partial charge < -0.3 is 5.11 Å². The SMILES string of the molecule is CCCCC(=O)c1ccc(C(O)c2ccccc2)s1. The molecule has 0 aliphatic rings. The summed E-state index contributed by atoms with van der Waals surface area (Å²) in [6.07, 6.45) is 1.90.